The number of carbonyl (C=O) groups is 1. The van der Waals surface area contributed by atoms with Gasteiger partial charge in [-0.25, -0.2) is 8.42 Å². The number of nitriles is 1. The molecular formula is C19H13ClN4O3S. The molecule has 0 saturated heterocycles. The minimum atomic E-state index is -4.08. The van der Waals surface area contributed by atoms with E-state index >= 15 is 0 Å². The maximum Gasteiger partial charge on any atom is 0.263 e. The van der Waals surface area contributed by atoms with E-state index in [4.69, 9.17) is 16.9 Å². The molecule has 140 valence electrons. The van der Waals surface area contributed by atoms with E-state index < -0.39 is 15.9 Å². The van der Waals surface area contributed by atoms with Gasteiger partial charge in [0.25, 0.3) is 15.9 Å². The Bertz CT molecular complexity index is 1180. The van der Waals surface area contributed by atoms with Crippen LogP contribution in [0.3, 0.4) is 0 Å². The van der Waals surface area contributed by atoms with Crippen LogP contribution in [0.25, 0.3) is 0 Å². The highest BCUT2D eigenvalue weighted by Crippen LogP contribution is 2.23. The summed E-state index contributed by atoms with van der Waals surface area (Å²) in [6.45, 7) is 0. The van der Waals surface area contributed by atoms with Gasteiger partial charge < -0.3 is 5.32 Å². The number of hydrogen-bond donors (Lipinski definition) is 2. The van der Waals surface area contributed by atoms with Gasteiger partial charge in [-0.1, -0.05) is 17.7 Å². The van der Waals surface area contributed by atoms with Gasteiger partial charge in [-0.15, -0.1) is 0 Å². The number of sulfonamides is 1. The summed E-state index contributed by atoms with van der Waals surface area (Å²) in [6, 6.07) is 15.0. The first-order valence-corrected chi connectivity index (χ1v) is 9.79. The van der Waals surface area contributed by atoms with E-state index in [1.807, 2.05) is 6.07 Å². The normalized spacial score (nSPS) is 10.7. The van der Waals surface area contributed by atoms with E-state index in [9.17, 15) is 13.2 Å². The second kappa shape index (κ2) is 8.08. The molecular weight excluding hydrogens is 400 g/mol. The molecule has 3 aromatic rings. The Hall–Kier alpha value is -3.41. The Kier molecular flexibility index (Phi) is 5.59. The molecule has 28 heavy (non-hydrogen) atoms. The SMILES string of the molecule is N#Cc1ccc(Cl)cc1S(=O)(=O)Nc1cccc(C(=O)Nc2ccncc2)c1. The number of benzene rings is 2. The molecule has 0 fully saturated rings. The summed E-state index contributed by atoms with van der Waals surface area (Å²) in [6.07, 6.45) is 3.08. The lowest BCUT2D eigenvalue weighted by Gasteiger charge is -2.11. The fourth-order valence-electron chi connectivity index (χ4n) is 2.38. The molecule has 0 radical (unpaired) electrons. The molecule has 0 aliphatic rings. The minimum Gasteiger partial charge on any atom is -0.322 e. The van der Waals surface area contributed by atoms with Gasteiger partial charge in [0.05, 0.1) is 5.56 Å². The number of pyridine rings is 1. The maximum absolute atomic E-state index is 12.7. The predicted molar refractivity (Wildman–Crippen MR) is 106 cm³/mol. The van der Waals surface area contributed by atoms with Gasteiger partial charge in [0.15, 0.2) is 0 Å². The van der Waals surface area contributed by atoms with Crippen molar-refractivity contribution < 1.29 is 13.2 Å². The lowest BCUT2D eigenvalue weighted by Crippen LogP contribution is -2.16. The van der Waals surface area contributed by atoms with Crippen LogP contribution in [0.5, 0.6) is 0 Å². The van der Waals surface area contributed by atoms with Gasteiger partial charge in [0.1, 0.15) is 11.0 Å². The summed E-state index contributed by atoms with van der Waals surface area (Å²) >= 11 is 5.87. The van der Waals surface area contributed by atoms with E-state index in [1.165, 1.54) is 42.7 Å². The van der Waals surface area contributed by atoms with E-state index in [-0.39, 0.29) is 26.7 Å². The van der Waals surface area contributed by atoms with Crippen LogP contribution in [0.2, 0.25) is 5.02 Å². The van der Waals surface area contributed by atoms with Crippen molar-refractivity contribution in [3.8, 4) is 6.07 Å². The lowest BCUT2D eigenvalue weighted by molar-refractivity contribution is 0.102. The average molecular weight is 413 g/mol. The number of hydrogen-bond acceptors (Lipinski definition) is 5. The van der Waals surface area contributed by atoms with E-state index in [1.54, 1.807) is 24.3 Å². The fraction of sp³-hybridized carbons (Fsp3) is 0. The Morgan fingerprint density at radius 2 is 1.79 bits per heavy atom. The molecule has 0 saturated carbocycles. The third-order valence-corrected chi connectivity index (χ3v) is 5.33. The van der Waals surface area contributed by atoms with Gasteiger partial charge >= 0.3 is 0 Å². The highest BCUT2D eigenvalue weighted by atomic mass is 35.5. The van der Waals surface area contributed by atoms with Gasteiger partial charge in [0.2, 0.25) is 0 Å². The third kappa shape index (κ3) is 4.46. The third-order valence-electron chi connectivity index (χ3n) is 3.67. The molecule has 2 N–H and O–H groups in total. The van der Waals surface area contributed by atoms with Crippen LogP contribution in [0.1, 0.15) is 15.9 Å². The maximum atomic E-state index is 12.7. The molecule has 1 amide bonds. The van der Waals surface area contributed by atoms with Crippen LogP contribution in [0.15, 0.2) is 71.9 Å². The Balaban J connectivity index is 1.86. The van der Waals surface area contributed by atoms with Crippen molar-refractivity contribution in [1.82, 2.24) is 4.98 Å². The lowest BCUT2D eigenvalue weighted by atomic mass is 10.2. The van der Waals surface area contributed by atoms with Crippen LogP contribution < -0.4 is 10.0 Å². The molecule has 0 spiro atoms. The quantitative estimate of drug-likeness (QED) is 0.664. The first-order chi connectivity index (χ1) is 13.4. The molecule has 1 heterocycles. The highest BCUT2D eigenvalue weighted by Gasteiger charge is 2.20. The van der Waals surface area contributed by atoms with E-state index in [0.29, 0.717) is 5.69 Å². The molecule has 3 rings (SSSR count). The monoisotopic (exact) mass is 412 g/mol. The van der Waals surface area contributed by atoms with E-state index in [0.717, 1.165) is 0 Å². The van der Waals surface area contributed by atoms with Gasteiger partial charge in [-0.2, -0.15) is 5.26 Å². The Morgan fingerprint density at radius 1 is 1.04 bits per heavy atom. The number of carbonyl (C=O) groups excluding carboxylic acids is 1. The number of aromatic nitrogens is 1. The summed E-state index contributed by atoms with van der Waals surface area (Å²) in [5.41, 5.74) is 0.946. The first kappa shape index (κ1) is 19.4. The van der Waals surface area contributed by atoms with E-state index in [2.05, 4.69) is 15.0 Å². The highest BCUT2D eigenvalue weighted by molar-refractivity contribution is 7.92. The number of nitrogens with one attached hydrogen (secondary N) is 2. The molecule has 2 aromatic carbocycles. The van der Waals surface area contributed by atoms with Crippen molar-refractivity contribution >= 4 is 38.9 Å². The smallest absolute Gasteiger partial charge is 0.263 e. The second-order valence-corrected chi connectivity index (χ2v) is 7.72. The van der Waals surface area contributed by atoms with Crippen LogP contribution in [0, 0.1) is 11.3 Å². The summed E-state index contributed by atoms with van der Waals surface area (Å²) in [5.74, 6) is -0.410. The molecule has 0 aliphatic carbocycles. The van der Waals surface area contributed by atoms with Gasteiger partial charge in [-0.3, -0.25) is 14.5 Å². The summed E-state index contributed by atoms with van der Waals surface area (Å²) < 4.78 is 27.7. The Morgan fingerprint density at radius 3 is 2.50 bits per heavy atom. The summed E-state index contributed by atoms with van der Waals surface area (Å²) in [4.78, 5) is 16.0. The zero-order valence-electron chi connectivity index (χ0n) is 14.3. The van der Waals surface area contributed by atoms with Crippen molar-refractivity contribution in [1.29, 1.82) is 5.26 Å². The van der Waals surface area contributed by atoms with Crippen molar-refractivity contribution in [2.45, 2.75) is 4.90 Å². The Labute approximate surface area is 166 Å². The molecule has 0 unspecified atom stereocenters. The van der Waals surface area contributed by atoms with Crippen LogP contribution in [0.4, 0.5) is 11.4 Å². The second-order valence-electron chi connectivity index (χ2n) is 5.63. The van der Waals surface area contributed by atoms with Crippen molar-refractivity contribution in [3.05, 3.63) is 83.1 Å². The van der Waals surface area contributed by atoms with Crippen LogP contribution >= 0.6 is 11.6 Å². The van der Waals surface area contributed by atoms with Crippen molar-refractivity contribution in [2.75, 3.05) is 10.0 Å². The zero-order valence-corrected chi connectivity index (χ0v) is 15.8. The van der Waals surface area contributed by atoms with Crippen molar-refractivity contribution in [3.63, 3.8) is 0 Å². The molecule has 1 aromatic heterocycles. The molecule has 7 nitrogen and oxygen atoms in total. The van der Waals surface area contributed by atoms with Crippen molar-refractivity contribution in [2.24, 2.45) is 0 Å². The zero-order chi connectivity index (χ0) is 20.1. The number of halogens is 1. The minimum absolute atomic E-state index is 0.0384. The van der Waals surface area contributed by atoms with Gasteiger partial charge in [0, 0.05) is 34.4 Å². The summed E-state index contributed by atoms with van der Waals surface area (Å²) in [7, 11) is -4.08. The largest absolute Gasteiger partial charge is 0.322 e. The molecule has 9 heteroatoms. The number of anilines is 2. The average Bonchev–Trinajstić information content (AvgIpc) is 2.68. The predicted octanol–water partition coefficient (Wildman–Crippen LogP) is 3.66. The van der Waals surface area contributed by atoms with Crippen LogP contribution in [-0.2, 0) is 10.0 Å². The molecule has 0 aliphatic heterocycles. The molecule has 0 atom stereocenters. The number of amides is 1. The summed E-state index contributed by atoms with van der Waals surface area (Å²) in [5, 5.41) is 12.0. The standard InChI is InChI=1S/C19H13ClN4O3S/c20-15-5-4-14(12-21)18(11-15)28(26,27)24-17-3-1-2-13(10-17)19(25)23-16-6-8-22-9-7-16/h1-11,24H,(H,22,23,25). The van der Waals surface area contributed by atoms with Crippen LogP contribution in [-0.4, -0.2) is 19.3 Å². The first-order valence-electron chi connectivity index (χ1n) is 7.93. The fourth-order valence-corrected chi connectivity index (χ4v) is 3.85. The van der Waals surface area contributed by atoms with Gasteiger partial charge in [-0.05, 0) is 48.5 Å². The topological polar surface area (TPSA) is 112 Å². The number of rotatable bonds is 5. The molecule has 0 bridgehead atoms. The number of nitrogens with zero attached hydrogens (tertiary/aromatic N) is 2.